The third-order valence-corrected chi connectivity index (χ3v) is 3.61. The largest absolute Gasteiger partial charge is 0.370 e. The number of nitrogens with one attached hydrogen (secondary N) is 1. The monoisotopic (exact) mass is 241 g/mol. The summed E-state index contributed by atoms with van der Waals surface area (Å²) in [7, 11) is 0. The summed E-state index contributed by atoms with van der Waals surface area (Å²) in [6.45, 7) is 8.76. The number of rotatable bonds is 6. The molecule has 100 valence electrons. The Labute approximate surface area is 105 Å². The molecule has 17 heavy (non-hydrogen) atoms. The summed E-state index contributed by atoms with van der Waals surface area (Å²) in [6.07, 6.45) is 4.03. The summed E-state index contributed by atoms with van der Waals surface area (Å²) in [6, 6.07) is 0.507. The van der Waals surface area contributed by atoms with E-state index >= 15 is 0 Å². The smallest absolute Gasteiger partial charge is 0.217 e. The van der Waals surface area contributed by atoms with Crippen LogP contribution in [0.5, 0.6) is 0 Å². The van der Waals surface area contributed by atoms with Gasteiger partial charge >= 0.3 is 0 Å². The number of hydrogen-bond acceptors (Lipinski definition) is 3. The Balaban J connectivity index is 2.58. The summed E-state index contributed by atoms with van der Waals surface area (Å²) in [4.78, 5) is 13.6. The van der Waals surface area contributed by atoms with E-state index in [1.54, 1.807) is 0 Å². The number of nitrogens with two attached hydrogens (primary N) is 1. The minimum atomic E-state index is -0.174. The Morgan fingerprint density at radius 1 is 1.41 bits per heavy atom. The van der Waals surface area contributed by atoms with Crippen LogP contribution in [0.4, 0.5) is 0 Å². The van der Waals surface area contributed by atoms with Gasteiger partial charge in [-0.2, -0.15) is 0 Å². The van der Waals surface area contributed by atoms with Crippen molar-refractivity contribution in [3.63, 3.8) is 0 Å². The lowest BCUT2D eigenvalue weighted by atomic mass is 9.92. The van der Waals surface area contributed by atoms with E-state index in [1.165, 1.54) is 6.42 Å². The van der Waals surface area contributed by atoms with Crippen LogP contribution in [0.25, 0.3) is 0 Å². The van der Waals surface area contributed by atoms with E-state index in [9.17, 15) is 4.79 Å². The average Bonchev–Trinajstić information content (AvgIpc) is 2.53. The fraction of sp³-hybridized carbons (Fsp3) is 0.923. The molecule has 0 bridgehead atoms. The van der Waals surface area contributed by atoms with Gasteiger partial charge in [0.1, 0.15) is 0 Å². The maximum absolute atomic E-state index is 11.1. The second-order valence-electron chi connectivity index (χ2n) is 5.14. The molecule has 1 fully saturated rings. The van der Waals surface area contributed by atoms with Gasteiger partial charge in [0.05, 0.1) is 0 Å². The van der Waals surface area contributed by atoms with Crippen LogP contribution in [0.15, 0.2) is 0 Å². The first kappa shape index (κ1) is 14.5. The summed E-state index contributed by atoms with van der Waals surface area (Å²) >= 11 is 0. The molecule has 1 aliphatic rings. The van der Waals surface area contributed by atoms with E-state index in [0.29, 0.717) is 18.4 Å². The minimum absolute atomic E-state index is 0.174. The molecule has 1 saturated heterocycles. The molecule has 0 saturated carbocycles. The maximum atomic E-state index is 11.1. The lowest BCUT2D eigenvalue weighted by Crippen LogP contribution is -2.42. The van der Waals surface area contributed by atoms with Gasteiger partial charge in [-0.05, 0) is 31.8 Å². The molecule has 0 aromatic rings. The van der Waals surface area contributed by atoms with Crippen molar-refractivity contribution in [1.29, 1.82) is 0 Å². The van der Waals surface area contributed by atoms with Gasteiger partial charge in [-0.3, -0.25) is 9.69 Å². The van der Waals surface area contributed by atoms with Crippen molar-refractivity contribution in [2.24, 2.45) is 11.7 Å². The summed E-state index contributed by atoms with van der Waals surface area (Å²) < 4.78 is 0. The van der Waals surface area contributed by atoms with Crippen molar-refractivity contribution < 1.29 is 4.79 Å². The molecule has 1 rings (SSSR count). The topological polar surface area (TPSA) is 58.4 Å². The Morgan fingerprint density at radius 3 is 2.82 bits per heavy atom. The standard InChI is InChI=1S/C13H27N3O/c1-3-5-12(11(2)10-13(14)17)16-8-4-6-15-7-9-16/h11-12,15H,3-10H2,1-2H3,(H2,14,17). The zero-order valence-corrected chi connectivity index (χ0v) is 11.2. The van der Waals surface area contributed by atoms with Crippen molar-refractivity contribution in [2.75, 3.05) is 26.2 Å². The van der Waals surface area contributed by atoms with Gasteiger partial charge in [0.25, 0.3) is 0 Å². The van der Waals surface area contributed by atoms with Crippen LogP contribution in [-0.2, 0) is 4.79 Å². The number of amides is 1. The molecule has 0 spiro atoms. The second kappa shape index (κ2) is 7.67. The third-order valence-electron chi connectivity index (χ3n) is 3.61. The predicted molar refractivity (Wildman–Crippen MR) is 70.7 cm³/mol. The van der Waals surface area contributed by atoms with E-state index in [1.807, 2.05) is 0 Å². The Morgan fingerprint density at radius 2 is 2.18 bits per heavy atom. The average molecular weight is 241 g/mol. The van der Waals surface area contributed by atoms with Crippen molar-refractivity contribution >= 4 is 5.91 Å². The van der Waals surface area contributed by atoms with Crippen LogP contribution >= 0.6 is 0 Å². The molecular weight excluding hydrogens is 214 g/mol. The minimum Gasteiger partial charge on any atom is -0.370 e. The normalized spacial score (nSPS) is 21.8. The van der Waals surface area contributed by atoms with Crippen molar-refractivity contribution in [3.05, 3.63) is 0 Å². The fourth-order valence-corrected chi connectivity index (χ4v) is 2.77. The van der Waals surface area contributed by atoms with Gasteiger partial charge in [0.2, 0.25) is 5.91 Å². The molecule has 2 atom stereocenters. The number of hydrogen-bond donors (Lipinski definition) is 2. The van der Waals surface area contributed by atoms with E-state index in [0.717, 1.165) is 39.0 Å². The van der Waals surface area contributed by atoms with E-state index in [4.69, 9.17) is 5.73 Å². The van der Waals surface area contributed by atoms with Crippen LogP contribution in [-0.4, -0.2) is 43.0 Å². The van der Waals surface area contributed by atoms with Crippen LogP contribution in [0.2, 0.25) is 0 Å². The highest BCUT2D eigenvalue weighted by molar-refractivity contribution is 5.74. The number of nitrogens with zero attached hydrogens (tertiary/aromatic N) is 1. The third kappa shape index (κ3) is 5.04. The first-order valence-electron chi connectivity index (χ1n) is 6.88. The molecule has 0 aromatic carbocycles. The molecule has 4 nitrogen and oxygen atoms in total. The summed E-state index contributed by atoms with van der Waals surface area (Å²) in [5.41, 5.74) is 5.32. The zero-order chi connectivity index (χ0) is 12.7. The molecule has 2 unspecified atom stereocenters. The van der Waals surface area contributed by atoms with E-state index < -0.39 is 0 Å². The van der Waals surface area contributed by atoms with Crippen molar-refractivity contribution in [1.82, 2.24) is 10.2 Å². The fourth-order valence-electron chi connectivity index (χ4n) is 2.77. The lowest BCUT2D eigenvalue weighted by molar-refractivity contribution is -0.119. The maximum Gasteiger partial charge on any atom is 0.217 e. The second-order valence-corrected chi connectivity index (χ2v) is 5.14. The van der Waals surface area contributed by atoms with E-state index in [2.05, 4.69) is 24.1 Å². The van der Waals surface area contributed by atoms with E-state index in [-0.39, 0.29) is 5.91 Å². The summed E-state index contributed by atoms with van der Waals surface area (Å²) in [5.74, 6) is 0.192. The van der Waals surface area contributed by atoms with Gasteiger partial charge in [0.15, 0.2) is 0 Å². The zero-order valence-electron chi connectivity index (χ0n) is 11.2. The van der Waals surface area contributed by atoms with Crippen LogP contribution in [0.1, 0.15) is 39.5 Å². The van der Waals surface area contributed by atoms with Gasteiger partial charge in [0, 0.05) is 25.6 Å². The van der Waals surface area contributed by atoms with Gasteiger partial charge in [-0.1, -0.05) is 20.3 Å². The number of primary amides is 1. The molecule has 0 aliphatic carbocycles. The molecule has 4 heteroatoms. The highest BCUT2D eigenvalue weighted by Gasteiger charge is 2.25. The molecular formula is C13H27N3O. The van der Waals surface area contributed by atoms with Crippen molar-refractivity contribution in [2.45, 2.75) is 45.6 Å². The number of carbonyl (C=O) groups is 1. The molecule has 3 N–H and O–H groups in total. The lowest BCUT2D eigenvalue weighted by Gasteiger charge is -2.34. The Hall–Kier alpha value is -0.610. The SMILES string of the molecule is CCCC(C(C)CC(N)=O)N1CCCNCC1. The van der Waals surface area contributed by atoms with Crippen LogP contribution in [0.3, 0.4) is 0 Å². The van der Waals surface area contributed by atoms with Crippen LogP contribution < -0.4 is 11.1 Å². The first-order chi connectivity index (χ1) is 8.15. The van der Waals surface area contributed by atoms with Crippen molar-refractivity contribution in [3.8, 4) is 0 Å². The van der Waals surface area contributed by atoms with Gasteiger partial charge in [-0.15, -0.1) is 0 Å². The summed E-state index contributed by atoms with van der Waals surface area (Å²) in [5, 5.41) is 3.42. The Kier molecular flexibility index (Phi) is 6.52. The molecule has 1 heterocycles. The Bertz CT molecular complexity index is 225. The van der Waals surface area contributed by atoms with Gasteiger partial charge in [-0.25, -0.2) is 0 Å². The van der Waals surface area contributed by atoms with Crippen LogP contribution in [0, 0.1) is 5.92 Å². The molecule has 0 radical (unpaired) electrons. The molecule has 1 amide bonds. The quantitative estimate of drug-likeness (QED) is 0.728. The van der Waals surface area contributed by atoms with Gasteiger partial charge < -0.3 is 11.1 Å². The first-order valence-corrected chi connectivity index (χ1v) is 6.88. The molecule has 0 aromatic heterocycles. The highest BCUT2D eigenvalue weighted by Crippen LogP contribution is 2.20. The number of carbonyl (C=O) groups excluding carboxylic acids is 1. The molecule has 1 aliphatic heterocycles. The highest BCUT2D eigenvalue weighted by atomic mass is 16.1. The predicted octanol–water partition coefficient (Wildman–Crippen LogP) is 0.962.